The number of carbonyl (C=O) groups is 2. The monoisotopic (exact) mass is 342 g/mol. The van der Waals surface area contributed by atoms with E-state index in [-0.39, 0.29) is 22.8 Å². The number of benzene rings is 2. The lowest BCUT2D eigenvalue weighted by Gasteiger charge is -2.14. The zero-order valence-corrected chi connectivity index (χ0v) is 14.9. The molecule has 0 aromatic heterocycles. The van der Waals surface area contributed by atoms with Gasteiger partial charge in [0.25, 0.3) is 0 Å². The average molecular weight is 342 g/mol. The molecule has 0 aliphatic rings. The maximum absolute atomic E-state index is 12.3. The van der Waals surface area contributed by atoms with Gasteiger partial charge in [-0.15, -0.1) is 11.8 Å². The van der Waals surface area contributed by atoms with Crippen LogP contribution < -0.4 is 10.6 Å². The number of nitrogens with one attached hydrogen (secondary N) is 2. The molecule has 2 rings (SSSR count). The predicted octanol–water partition coefficient (Wildman–Crippen LogP) is 4.00. The van der Waals surface area contributed by atoms with Gasteiger partial charge in [-0.25, -0.2) is 0 Å². The van der Waals surface area contributed by atoms with E-state index < -0.39 is 0 Å². The topological polar surface area (TPSA) is 58.2 Å². The van der Waals surface area contributed by atoms with Crippen LogP contribution in [0.25, 0.3) is 0 Å². The molecular formula is C19H22N2O2S. The van der Waals surface area contributed by atoms with E-state index in [0.29, 0.717) is 0 Å². The summed E-state index contributed by atoms with van der Waals surface area (Å²) in [5, 5.41) is 5.43. The summed E-state index contributed by atoms with van der Waals surface area (Å²) in [4.78, 5) is 24.2. The van der Waals surface area contributed by atoms with E-state index in [9.17, 15) is 9.59 Å². The summed E-state index contributed by atoms with van der Waals surface area (Å²) >= 11 is 1.32. The third kappa shape index (κ3) is 5.42. The first-order chi connectivity index (χ1) is 11.5. The Hall–Kier alpha value is -2.27. The summed E-state index contributed by atoms with van der Waals surface area (Å²) in [5.74, 6) is 0.0230. The van der Waals surface area contributed by atoms with Gasteiger partial charge in [0.2, 0.25) is 11.8 Å². The number of hydrogen-bond donors (Lipinski definition) is 2. The molecule has 0 saturated heterocycles. The van der Waals surface area contributed by atoms with E-state index >= 15 is 0 Å². The molecule has 0 unspecified atom stereocenters. The van der Waals surface area contributed by atoms with Crippen molar-refractivity contribution in [2.24, 2.45) is 0 Å². The molecule has 5 heteroatoms. The molecule has 2 aromatic carbocycles. The number of carbonyl (C=O) groups excluding carboxylic acids is 2. The summed E-state index contributed by atoms with van der Waals surface area (Å²) in [7, 11) is 0. The molecule has 2 aromatic rings. The highest BCUT2D eigenvalue weighted by Crippen LogP contribution is 2.19. The van der Waals surface area contributed by atoms with E-state index in [0.717, 1.165) is 22.5 Å². The lowest BCUT2D eigenvalue weighted by molar-refractivity contribution is -0.115. The highest BCUT2D eigenvalue weighted by molar-refractivity contribution is 8.01. The first kappa shape index (κ1) is 18.1. The van der Waals surface area contributed by atoms with Gasteiger partial charge >= 0.3 is 0 Å². The minimum Gasteiger partial charge on any atom is -0.325 e. The first-order valence-electron chi connectivity index (χ1n) is 7.80. The molecule has 0 heterocycles. The molecule has 24 heavy (non-hydrogen) atoms. The summed E-state index contributed by atoms with van der Waals surface area (Å²) in [6.07, 6.45) is 0. The lowest BCUT2D eigenvalue weighted by atomic mass is 10.1. The Morgan fingerprint density at radius 1 is 1.04 bits per heavy atom. The highest BCUT2D eigenvalue weighted by atomic mass is 32.2. The SMILES string of the molecule is Cc1ccc(C)c(NC(=O)[C@H](C)SCC(=O)Nc2ccccc2)c1. The molecule has 0 saturated carbocycles. The van der Waals surface area contributed by atoms with Gasteiger partial charge in [-0.3, -0.25) is 9.59 Å². The van der Waals surface area contributed by atoms with E-state index in [4.69, 9.17) is 0 Å². The molecule has 4 nitrogen and oxygen atoms in total. The van der Waals surface area contributed by atoms with Gasteiger partial charge < -0.3 is 10.6 Å². The Bertz CT molecular complexity index is 717. The van der Waals surface area contributed by atoms with Crippen molar-refractivity contribution in [1.29, 1.82) is 0 Å². The van der Waals surface area contributed by atoms with Crippen LogP contribution >= 0.6 is 11.8 Å². The highest BCUT2D eigenvalue weighted by Gasteiger charge is 2.16. The second-order valence-electron chi connectivity index (χ2n) is 5.68. The van der Waals surface area contributed by atoms with Crippen molar-refractivity contribution >= 4 is 35.0 Å². The molecular weight excluding hydrogens is 320 g/mol. The summed E-state index contributed by atoms with van der Waals surface area (Å²) in [6.45, 7) is 5.75. The fourth-order valence-corrected chi connectivity index (χ4v) is 2.78. The largest absolute Gasteiger partial charge is 0.325 e. The predicted molar refractivity (Wildman–Crippen MR) is 102 cm³/mol. The van der Waals surface area contributed by atoms with E-state index in [2.05, 4.69) is 10.6 Å². The fourth-order valence-electron chi connectivity index (χ4n) is 2.10. The number of anilines is 2. The number of hydrogen-bond acceptors (Lipinski definition) is 3. The van der Waals surface area contributed by atoms with Crippen molar-refractivity contribution in [1.82, 2.24) is 0 Å². The molecule has 2 N–H and O–H groups in total. The lowest BCUT2D eigenvalue weighted by Crippen LogP contribution is -2.25. The van der Waals surface area contributed by atoms with Gasteiger partial charge in [0.1, 0.15) is 0 Å². The first-order valence-corrected chi connectivity index (χ1v) is 8.85. The number of rotatable bonds is 6. The normalized spacial score (nSPS) is 11.6. The van der Waals surface area contributed by atoms with Crippen LogP contribution in [-0.2, 0) is 9.59 Å². The van der Waals surface area contributed by atoms with Crippen LogP contribution in [0.4, 0.5) is 11.4 Å². The number of amides is 2. The van der Waals surface area contributed by atoms with E-state index in [1.807, 2.05) is 62.4 Å². The van der Waals surface area contributed by atoms with Crippen LogP contribution in [0.1, 0.15) is 18.1 Å². The molecule has 0 bridgehead atoms. The van der Waals surface area contributed by atoms with E-state index in [1.54, 1.807) is 6.92 Å². The van der Waals surface area contributed by atoms with Crippen LogP contribution in [-0.4, -0.2) is 22.8 Å². The van der Waals surface area contributed by atoms with E-state index in [1.165, 1.54) is 11.8 Å². The average Bonchev–Trinajstić information content (AvgIpc) is 2.57. The van der Waals surface area contributed by atoms with Crippen molar-refractivity contribution in [3.63, 3.8) is 0 Å². The Morgan fingerprint density at radius 2 is 1.75 bits per heavy atom. The Morgan fingerprint density at radius 3 is 2.46 bits per heavy atom. The van der Waals surface area contributed by atoms with Gasteiger partial charge in [-0.05, 0) is 50.1 Å². The summed E-state index contributed by atoms with van der Waals surface area (Å²) < 4.78 is 0. The zero-order chi connectivity index (χ0) is 17.5. The standard InChI is InChI=1S/C19H22N2O2S/c1-13-9-10-14(2)17(11-13)21-19(23)15(3)24-12-18(22)20-16-7-5-4-6-8-16/h4-11,15H,12H2,1-3H3,(H,20,22)(H,21,23)/t15-/m0/s1. The smallest absolute Gasteiger partial charge is 0.237 e. The molecule has 2 amide bonds. The quantitative estimate of drug-likeness (QED) is 0.834. The number of para-hydroxylation sites is 1. The van der Waals surface area contributed by atoms with Gasteiger partial charge in [0.15, 0.2) is 0 Å². The maximum atomic E-state index is 12.3. The number of aryl methyl sites for hydroxylation is 2. The van der Waals surface area contributed by atoms with Crippen molar-refractivity contribution in [3.05, 3.63) is 59.7 Å². The van der Waals surface area contributed by atoms with Crippen LogP contribution in [0.5, 0.6) is 0 Å². The fraction of sp³-hybridized carbons (Fsp3) is 0.263. The minimum absolute atomic E-state index is 0.0961. The third-order valence-electron chi connectivity index (χ3n) is 3.54. The van der Waals surface area contributed by atoms with Crippen molar-refractivity contribution in [3.8, 4) is 0 Å². The Balaban J connectivity index is 1.83. The molecule has 126 valence electrons. The second-order valence-corrected chi connectivity index (χ2v) is 7.00. The van der Waals surface area contributed by atoms with Crippen LogP contribution in [0.3, 0.4) is 0 Å². The second kappa shape index (κ2) is 8.55. The molecule has 0 spiro atoms. The van der Waals surface area contributed by atoms with Gasteiger partial charge in [0, 0.05) is 11.4 Å². The van der Waals surface area contributed by atoms with Gasteiger partial charge in [-0.2, -0.15) is 0 Å². The van der Waals surface area contributed by atoms with Crippen molar-refractivity contribution in [2.75, 3.05) is 16.4 Å². The van der Waals surface area contributed by atoms with Crippen LogP contribution in [0.2, 0.25) is 0 Å². The minimum atomic E-state index is -0.313. The third-order valence-corrected chi connectivity index (χ3v) is 4.69. The molecule has 0 radical (unpaired) electrons. The van der Waals surface area contributed by atoms with Gasteiger partial charge in [0.05, 0.1) is 11.0 Å². The zero-order valence-electron chi connectivity index (χ0n) is 14.1. The molecule has 0 aliphatic carbocycles. The van der Waals surface area contributed by atoms with Crippen molar-refractivity contribution < 1.29 is 9.59 Å². The van der Waals surface area contributed by atoms with Crippen LogP contribution in [0, 0.1) is 13.8 Å². The summed E-state index contributed by atoms with van der Waals surface area (Å²) in [6, 6.07) is 15.2. The molecule has 1 atom stereocenters. The molecule has 0 aliphatic heterocycles. The maximum Gasteiger partial charge on any atom is 0.237 e. The summed E-state index contributed by atoms with van der Waals surface area (Å²) in [5.41, 5.74) is 3.70. The van der Waals surface area contributed by atoms with Crippen molar-refractivity contribution in [2.45, 2.75) is 26.0 Å². The Kier molecular flexibility index (Phi) is 6.44. The van der Waals surface area contributed by atoms with Crippen LogP contribution in [0.15, 0.2) is 48.5 Å². The Labute approximate surface area is 147 Å². The number of thioether (sulfide) groups is 1. The molecule has 0 fully saturated rings. The van der Waals surface area contributed by atoms with Gasteiger partial charge in [-0.1, -0.05) is 30.3 Å².